The number of carbonyl (C=O) groups excluding carboxylic acids is 1. The quantitative estimate of drug-likeness (QED) is 0.832. The maximum atomic E-state index is 11.7. The summed E-state index contributed by atoms with van der Waals surface area (Å²) in [6.45, 7) is 10.1. The van der Waals surface area contributed by atoms with E-state index in [9.17, 15) is 4.79 Å². The SMILES string of the molecule is CCNC(=O)N1CCN(CCOc2ccc(OCC)cc2)CC1. The number of piperazine rings is 1. The molecule has 0 aromatic heterocycles. The van der Waals surface area contributed by atoms with E-state index in [1.807, 2.05) is 43.0 Å². The number of nitrogens with one attached hydrogen (secondary N) is 1. The Balaban J connectivity index is 1.64. The van der Waals surface area contributed by atoms with Gasteiger partial charge >= 0.3 is 6.03 Å². The van der Waals surface area contributed by atoms with Crippen molar-refractivity contribution in [3.63, 3.8) is 0 Å². The Morgan fingerprint density at radius 2 is 1.65 bits per heavy atom. The van der Waals surface area contributed by atoms with E-state index in [-0.39, 0.29) is 6.03 Å². The van der Waals surface area contributed by atoms with Gasteiger partial charge in [-0.15, -0.1) is 0 Å². The van der Waals surface area contributed by atoms with Crippen molar-refractivity contribution in [2.24, 2.45) is 0 Å². The van der Waals surface area contributed by atoms with Gasteiger partial charge in [0.1, 0.15) is 18.1 Å². The molecule has 0 unspecified atom stereocenters. The van der Waals surface area contributed by atoms with Gasteiger partial charge < -0.3 is 19.7 Å². The van der Waals surface area contributed by atoms with Crippen molar-refractivity contribution >= 4 is 6.03 Å². The fraction of sp³-hybridized carbons (Fsp3) is 0.588. The summed E-state index contributed by atoms with van der Waals surface area (Å²) in [4.78, 5) is 15.9. The maximum Gasteiger partial charge on any atom is 0.317 e. The summed E-state index contributed by atoms with van der Waals surface area (Å²) in [6, 6.07) is 7.74. The average Bonchev–Trinajstić information content (AvgIpc) is 2.57. The summed E-state index contributed by atoms with van der Waals surface area (Å²) in [5.74, 6) is 1.72. The maximum absolute atomic E-state index is 11.7. The first-order valence-corrected chi connectivity index (χ1v) is 8.33. The molecule has 0 atom stereocenters. The van der Waals surface area contributed by atoms with E-state index in [1.165, 1.54) is 0 Å². The summed E-state index contributed by atoms with van der Waals surface area (Å²) in [5.41, 5.74) is 0. The van der Waals surface area contributed by atoms with Crippen molar-refractivity contribution in [2.75, 3.05) is 52.5 Å². The van der Waals surface area contributed by atoms with Crippen molar-refractivity contribution in [1.29, 1.82) is 0 Å². The third-order valence-electron chi connectivity index (χ3n) is 3.80. The second kappa shape index (κ2) is 9.25. The lowest BCUT2D eigenvalue weighted by molar-refractivity contribution is 0.126. The van der Waals surface area contributed by atoms with Gasteiger partial charge in [-0.3, -0.25) is 4.90 Å². The van der Waals surface area contributed by atoms with Gasteiger partial charge in [-0.25, -0.2) is 4.79 Å². The molecule has 0 spiro atoms. The van der Waals surface area contributed by atoms with Crippen LogP contribution in [-0.2, 0) is 0 Å². The monoisotopic (exact) mass is 321 g/mol. The summed E-state index contributed by atoms with van der Waals surface area (Å²) >= 11 is 0. The van der Waals surface area contributed by atoms with Crippen LogP contribution in [0.1, 0.15) is 13.8 Å². The third kappa shape index (κ3) is 5.63. The third-order valence-corrected chi connectivity index (χ3v) is 3.80. The van der Waals surface area contributed by atoms with Gasteiger partial charge in [0.2, 0.25) is 0 Å². The zero-order chi connectivity index (χ0) is 16.5. The molecule has 0 saturated carbocycles. The Hall–Kier alpha value is -1.95. The van der Waals surface area contributed by atoms with Gasteiger partial charge in [-0.05, 0) is 38.1 Å². The second-order valence-corrected chi connectivity index (χ2v) is 5.42. The zero-order valence-corrected chi connectivity index (χ0v) is 14.1. The Morgan fingerprint density at radius 1 is 1.04 bits per heavy atom. The number of hydrogen-bond donors (Lipinski definition) is 1. The lowest BCUT2D eigenvalue weighted by Gasteiger charge is -2.34. The average molecular weight is 321 g/mol. The molecule has 2 amide bonds. The minimum absolute atomic E-state index is 0.0396. The summed E-state index contributed by atoms with van der Waals surface area (Å²) in [7, 11) is 0. The molecule has 1 aromatic rings. The number of benzene rings is 1. The first-order valence-electron chi connectivity index (χ1n) is 8.33. The fourth-order valence-corrected chi connectivity index (χ4v) is 2.53. The van der Waals surface area contributed by atoms with Crippen molar-refractivity contribution in [2.45, 2.75) is 13.8 Å². The number of urea groups is 1. The predicted molar refractivity (Wildman–Crippen MR) is 90.2 cm³/mol. The van der Waals surface area contributed by atoms with Gasteiger partial charge in [-0.2, -0.15) is 0 Å². The molecule has 6 heteroatoms. The van der Waals surface area contributed by atoms with Crippen LogP contribution in [0.15, 0.2) is 24.3 Å². The van der Waals surface area contributed by atoms with Crippen LogP contribution in [-0.4, -0.2) is 68.3 Å². The highest BCUT2D eigenvalue weighted by Crippen LogP contribution is 2.17. The van der Waals surface area contributed by atoms with Gasteiger partial charge in [-0.1, -0.05) is 0 Å². The lowest BCUT2D eigenvalue weighted by Crippen LogP contribution is -2.52. The van der Waals surface area contributed by atoms with E-state index in [4.69, 9.17) is 9.47 Å². The first kappa shape index (κ1) is 17.4. The van der Waals surface area contributed by atoms with Gasteiger partial charge in [0.15, 0.2) is 0 Å². The standard InChI is InChI=1S/C17H27N3O3/c1-3-18-17(21)20-11-9-19(10-12-20)13-14-23-16-7-5-15(6-8-16)22-4-2/h5-8H,3-4,9-14H2,1-2H3,(H,18,21). The Labute approximate surface area is 138 Å². The highest BCUT2D eigenvalue weighted by Gasteiger charge is 2.20. The fourth-order valence-electron chi connectivity index (χ4n) is 2.53. The molecule has 1 aromatic carbocycles. The molecule has 1 aliphatic heterocycles. The van der Waals surface area contributed by atoms with Crippen LogP contribution in [0, 0.1) is 0 Å². The number of ether oxygens (including phenoxy) is 2. The molecule has 6 nitrogen and oxygen atoms in total. The van der Waals surface area contributed by atoms with Gasteiger partial charge in [0.05, 0.1) is 6.61 Å². The van der Waals surface area contributed by atoms with Crippen molar-refractivity contribution in [3.8, 4) is 11.5 Å². The summed E-state index contributed by atoms with van der Waals surface area (Å²) < 4.78 is 11.2. The zero-order valence-electron chi connectivity index (χ0n) is 14.1. The largest absolute Gasteiger partial charge is 0.494 e. The van der Waals surface area contributed by atoms with Gasteiger partial charge in [0.25, 0.3) is 0 Å². The van der Waals surface area contributed by atoms with E-state index >= 15 is 0 Å². The normalized spacial score (nSPS) is 15.3. The van der Waals surface area contributed by atoms with E-state index in [1.54, 1.807) is 0 Å². The lowest BCUT2D eigenvalue weighted by atomic mass is 10.3. The van der Waals surface area contributed by atoms with Crippen molar-refractivity contribution in [3.05, 3.63) is 24.3 Å². The highest BCUT2D eigenvalue weighted by molar-refractivity contribution is 5.74. The van der Waals surface area contributed by atoms with Crippen LogP contribution in [0.3, 0.4) is 0 Å². The van der Waals surface area contributed by atoms with Crippen LogP contribution in [0.2, 0.25) is 0 Å². The number of hydrogen-bond acceptors (Lipinski definition) is 4. The Bertz CT molecular complexity index is 470. The summed E-state index contributed by atoms with van der Waals surface area (Å²) in [6.07, 6.45) is 0. The number of carbonyl (C=O) groups is 1. The van der Waals surface area contributed by atoms with E-state index in [0.29, 0.717) is 19.8 Å². The minimum atomic E-state index is 0.0396. The molecule has 1 fully saturated rings. The first-order chi connectivity index (χ1) is 11.2. The molecule has 1 N–H and O–H groups in total. The number of nitrogens with zero attached hydrogens (tertiary/aromatic N) is 2. The molecule has 0 bridgehead atoms. The Morgan fingerprint density at radius 3 is 2.22 bits per heavy atom. The number of amides is 2. The molecule has 2 rings (SSSR count). The minimum Gasteiger partial charge on any atom is -0.494 e. The highest BCUT2D eigenvalue weighted by atomic mass is 16.5. The van der Waals surface area contributed by atoms with Crippen LogP contribution in [0.4, 0.5) is 4.79 Å². The van der Waals surface area contributed by atoms with Crippen LogP contribution in [0.25, 0.3) is 0 Å². The van der Waals surface area contributed by atoms with Crippen LogP contribution >= 0.6 is 0 Å². The molecule has 1 saturated heterocycles. The second-order valence-electron chi connectivity index (χ2n) is 5.42. The topological polar surface area (TPSA) is 54.0 Å². The van der Waals surface area contributed by atoms with E-state index < -0.39 is 0 Å². The van der Waals surface area contributed by atoms with E-state index in [0.717, 1.165) is 44.2 Å². The Kier molecular flexibility index (Phi) is 7.00. The molecular weight excluding hydrogens is 294 g/mol. The smallest absolute Gasteiger partial charge is 0.317 e. The molecule has 0 aliphatic carbocycles. The van der Waals surface area contributed by atoms with E-state index in [2.05, 4.69) is 10.2 Å². The van der Waals surface area contributed by atoms with Gasteiger partial charge in [0, 0.05) is 39.3 Å². The molecule has 23 heavy (non-hydrogen) atoms. The number of rotatable bonds is 7. The molecule has 0 radical (unpaired) electrons. The molecular formula is C17H27N3O3. The molecule has 1 aliphatic rings. The molecule has 128 valence electrons. The van der Waals surface area contributed by atoms with Crippen LogP contribution < -0.4 is 14.8 Å². The molecule has 1 heterocycles. The van der Waals surface area contributed by atoms with Crippen molar-refractivity contribution in [1.82, 2.24) is 15.1 Å². The van der Waals surface area contributed by atoms with Crippen LogP contribution in [0.5, 0.6) is 11.5 Å². The summed E-state index contributed by atoms with van der Waals surface area (Å²) in [5, 5.41) is 2.84. The predicted octanol–water partition coefficient (Wildman–Crippen LogP) is 1.81. The van der Waals surface area contributed by atoms with Crippen molar-refractivity contribution < 1.29 is 14.3 Å².